The zero-order chi connectivity index (χ0) is 30.9. The number of ketones is 1. The van der Waals surface area contributed by atoms with E-state index >= 15 is 0 Å². The van der Waals surface area contributed by atoms with Gasteiger partial charge >= 0.3 is 0 Å². The van der Waals surface area contributed by atoms with Crippen LogP contribution in [0.25, 0.3) is 33.3 Å². The molecule has 1 saturated carbocycles. The topological polar surface area (TPSA) is 76.2 Å². The quantitative estimate of drug-likeness (QED) is 0.129. The normalized spacial score (nSPS) is 16.1. The van der Waals surface area contributed by atoms with Crippen LogP contribution in [0, 0.1) is 29.7 Å². The van der Waals surface area contributed by atoms with Crippen LogP contribution < -0.4 is 0 Å². The number of nitrogens with zero attached hydrogens (tertiary/aromatic N) is 2. The van der Waals surface area contributed by atoms with Gasteiger partial charge in [-0.3, -0.25) is 4.79 Å². The van der Waals surface area contributed by atoms with Crippen molar-refractivity contribution < 1.29 is 38.5 Å². The summed E-state index contributed by atoms with van der Waals surface area (Å²) >= 11 is 0. The number of hydrogen-bond donors (Lipinski definition) is 1. The Kier molecular flexibility index (Phi) is 8.74. The molecule has 5 rings (SSSR count). The van der Waals surface area contributed by atoms with E-state index in [0.717, 1.165) is 34.4 Å². The molecule has 1 N–H and O–H groups in total. The summed E-state index contributed by atoms with van der Waals surface area (Å²) in [5.41, 5.74) is 3.05. The van der Waals surface area contributed by atoms with Gasteiger partial charge in [0.15, 0.2) is 5.78 Å². The average Bonchev–Trinajstić information content (AvgIpc) is 3.55. The SMILES string of the molecule is CC(C)(C)C(=O)/C=C(\O)C(C)(C)C.[2H]C([2H])([2H])c1ccc2c(n1)oc1c(-c3ccc(CC4CCCC4)cn3)[c-]ccc12.[Ir]. The number of fused-ring (bicyclic) bond motifs is 3. The van der Waals surface area contributed by atoms with Gasteiger partial charge in [0.05, 0.1) is 5.58 Å². The molecular formula is C34H41IrN2O3-. The second kappa shape index (κ2) is 12.8. The maximum absolute atomic E-state index is 11.5. The van der Waals surface area contributed by atoms with Gasteiger partial charge in [0.2, 0.25) is 5.71 Å². The summed E-state index contributed by atoms with van der Waals surface area (Å²) in [5.74, 6) is 0.888. The van der Waals surface area contributed by atoms with E-state index in [9.17, 15) is 9.90 Å². The average molecular weight is 721 g/mol. The maximum Gasteiger partial charge on any atom is 0.216 e. The van der Waals surface area contributed by atoms with E-state index in [4.69, 9.17) is 8.53 Å². The fraction of sp³-hybridized carbons (Fsp3) is 0.441. The van der Waals surface area contributed by atoms with Crippen LogP contribution in [0.1, 0.15) is 82.6 Å². The molecule has 0 atom stereocenters. The van der Waals surface area contributed by atoms with Gasteiger partial charge in [0.25, 0.3) is 0 Å². The zero-order valence-corrected chi connectivity index (χ0v) is 26.6. The number of aromatic nitrogens is 2. The molecule has 1 radical (unpaired) electrons. The van der Waals surface area contributed by atoms with Crippen molar-refractivity contribution in [3.8, 4) is 11.3 Å². The molecule has 1 fully saturated rings. The second-order valence-corrected chi connectivity index (χ2v) is 12.5. The number of pyridine rings is 2. The summed E-state index contributed by atoms with van der Waals surface area (Å²) in [6.45, 7) is 8.85. The number of hydrogen-bond acceptors (Lipinski definition) is 5. The fourth-order valence-electron chi connectivity index (χ4n) is 4.61. The largest absolute Gasteiger partial charge is 0.512 e. The van der Waals surface area contributed by atoms with Gasteiger partial charge in [-0.1, -0.05) is 90.3 Å². The van der Waals surface area contributed by atoms with Crippen LogP contribution in [0.5, 0.6) is 0 Å². The fourth-order valence-corrected chi connectivity index (χ4v) is 4.61. The molecule has 1 aromatic carbocycles. The standard InChI is InChI=1S/C23H21N2O.C11H20O2.Ir/c1-15-9-11-19-18-7-4-8-20(22(18)26-23(19)25-15)21-12-10-17(14-24-21)13-16-5-2-3-6-16;1-10(2,3)8(12)7-9(13)11(4,5)6;/h4,7,9-12,14,16H,2-3,5-6,13H2,1H3;7,12H,1-6H3;/q-1;;/b;8-7-;/i1D3;;. The van der Waals surface area contributed by atoms with Gasteiger partial charge < -0.3 is 14.5 Å². The van der Waals surface area contributed by atoms with Gasteiger partial charge in [-0.05, 0) is 42.6 Å². The van der Waals surface area contributed by atoms with E-state index < -0.39 is 12.3 Å². The predicted octanol–water partition coefficient (Wildman–Crippen LogP) is 8.97. The Morgan fingerprint density at radius 3 is 2.40 bits per heavy atom. The predicted molar refractivity (Wildman–Crippen MR) is 159 cm³/mol. The molecule has 40 heavy (non-hydrogen) atoms. The van der Waals surface area contributed by atoms with E-state index in [1.807, 2.05) is 65.9 Å². The van der Waals surface area contributed by atoms with Crippen LogP contribution in [0.4, 0.5) is 0 Å². The molecule has 1 aliphatic rings. The summed E-state index contributed by atoms with van der Waals surface area (Å²) in [6, 6.07) is 14.4. The van der Waals surface area contributed by atoms with E-state index in [-0.39, 0.29) is 42.8 Å². The van der Waals surface area contributed by atoms with E-state index in [1.54, 1.807) is 6.07 Å². The molecule has 1 aliphatic carbocycles. The molecule has 4 aromatic rings. The minimum Gasteiger partial charge on any atom is -0.512 e. The number of carbonyl (C=O) groups excluding carboxylic acids is 1. The minimum absolute atomic E-state index is 0. The molecule has 0 unspecified atom stereocenters. The molecule has 0 bridgehead atoms. The molecule has 215 valence electrons. The van der Waals surface area contributed by atoms with Crippen molar-refractivity contribution in [2.75, 3.05) is 0 Å². The van der Waals surface area contributed by atoms with E-state index in [1.165, 1.54) is 43.4 Å². The van der Waals surface area contributed by atoms with Crippen molar-refractivity contribution in [2.45, 2.75) is 80.5 Å². The first-order valence-electron chi connectivity index (χ1n) is 15.2. The van der Waals surface area contributed by atoms with Crippen LogP contribution >= 0.6 is 0 Å². The number of furan rings is 1. The number of benzene rings is 1. The van der Waals surface area contributed by atoms with Crippen LogP contribution in [0.3, 0.4) is 0 Å². The second-order valence-electron chi connectivity index (χ2n) is 12.5. The Morgan fingerprint density at radius 2 is 1.80 bits per heavy atom. The van der Waals surface area contributed by atoms with Gasteiger partial charge in [-0.25, -0.2) is 4.98 Å². The van der Waals surface area contributed by atoms with E-state index in [0.29, 0.717) is 11.3 Å². The monoisotopic (exact) mass is 721 g/mol. The maximum atomic E-state index is 11.5. The Balaban J connectivity index is 0.000000310. The van der Waals surface area contributed by atoms with Crippen molar-refractivity contribution in [3.05, 3.63) is 71.8 Å². The van der Waals surface area contributed by atoms with Crippen LogP contribution in [-0.4, -0.2) is 20.9 Å². The molecule has 0 spiro atoms. The van der Waals surface area contributed by atoms with Crippen LogP contribution in [0.2, 0.25) is 0 Å². The summed E-state index contributed by atoms with van der Waals surface area (Å²) in [7, 11) is 0. The number of carbonyl (C=O) groups is 1. The summed E-state index contributed by atoms with van der Waals surface area (Å²) < 4.78 is 28.7. The summed E-state index contributed by atoms with van der Waals surface area (Å²) in [5, 5.41) is 11.2. The number of rotatable bonds is 4. The number of aliphatic hydroxyl groups excluding tert-OH is 1. The Bertz CT molecular complexity index is 1590. The van der Waals surface area contributed by atoms with E-state index in [2.05, 4.69) is 22.1 Å². The first kappa shape index (κ1) is 27.4. The molecule has 0 aliphatic heterocycles. The number of allylic oxidation sites excluding steroid dienone is 2. The van der Waals surface area contributed by atoms with Crippen LogP contribution in [-0.2, 0) is 31.3 Å². The first-order valence-corrected chi connectivity index (χ1v) is 13.7. The molecular weight excluding hydrogens is 677 g/mol. The first-order chi connectivity index (χ1) is 19.5. The smallest absolute Gasteiger partial charge is 0.216 e. The Hall–Kier alpha value is -2.82. The third kappa shape index (κ3) is 7.67. The Morgan fingerprint density at radius 1 is 1.07 bits per heavy atom. The van der Waals surface area contributed by atoms with Crippen molar-refractivity contribution in [1.29, 1.82) is 0 Å². The molecule has 3 heterocycles. The molecule has 0 saturated heterocycles. The van der Waals surface area contributed by atoms with Gasteiger partial charge in [0, 0.05) is 58.4 Å². The van der Waals surface area contributed by atoms with Crippen molar-refractivity contribution in [2.24, 2.45) is 16.7 Å². The summed E-state index contributed by atoms with van der Waals surface area (Å²) in [4.78, 5) is 20.4. The molecule has 6 heteroatoms. The van der Waals surface area contributed by atoms with Gasteiger partial charge in [-0.15, -0.1) is 18.2 Å². The summed E-state index contributed by atoms with van der Waals surface area (Å²) in [6.07, 6.45) is 9.70. The number of aliphatic hydroxyl groups is 1. The third-order valence-electron chi connectivity index (χ3n) is 7.15. The van der Waals surface area contributed by atoms with Crippen molar-refractivity contribution in [1.82, 2.24) is 9.97 Å². The molecule has 5 nitrogen and oxygen atoms in total. The van der Waals surface area contributed by atoms with Crippen molar-refractivity contribution >= 4 is 27.9 Å². The van der Waals surface area contributed by atoms with Crippen LogP contribution in [0.15, 0.2) is 58.8 Å². The third-order valence-corrected chi connectivity index (χ3v) is 7.15. The zero-order valence-electron chi connectivity index (χ0n) is 27.2. The minimum atomic E-state index is -2.27. The van der Waals surface area contributed by atoms with Crippen molar-refractivity contribution in [3.63, 3.8) is 0 Å². The molecule has 3 aromatic heterocycles. The van der Waals surface area contributed by atoms with Gasteiger partial charge in [0.1, 0.15) is 5.76 Å². The molecule has 0 amide bonds. The van der Waals surface area contributed by atoms with Gasteiger partial charge in [-0.2, -0.15) is 0 Å². The Labute approximate surface area is 256 Å². The number of aryl methyl sites for hydroxylation is 1.